The van der Waals surface area contributed by atoms with Crippen LogP contribution in [0.15, 0.2) is 16.9 Å². The highest BCUT2D eigenvalue weighted by molar-refractivity contribution is 5.92. The summed E-state index contributed by atoms with van der Waals surface area (Å²) in [4.78, 5) is 22.4. The van der Waals surface area contributed by atoms with Crippen molar-refractivity contribution in [3.8, 4) is 0 Å². The lowest BCUT2D eigenvalue weighted by Gasteiger charge is -2.14. The Bertz CT molecular complexity index is 389. The van der Waals surface area contributed by atoms with Gasteiger partial charge in [0.1, 0.15) is 12.2 Å². The van der Waals surface area contributed by atoms with E-state index < -0.39 is 23.8 Å². The quantitative estimate of drug-likeness (QED) is 0.720. The number of nitrogens with zero attached hydrogens (tertiary/aromatic N) is 1. The second-order valence-electron chi connectivity index (χ2n) is 3.45. The van der Waals surface area contributed by atoms with Crippen molar-refractivity contribution in [3.05, 3.63) is 18.0 Å². The molecule has 7 nitrogen and oxygen atoms in total. The summed E-state index contributed by atoms with van der Waals surface area (Å²) in [6.07, 6.45) is 1.27. The van der Waals surface area contributed by atoms with Crippen molar-refractivity contribution in [1.29, 1.82) is 0 Å². The van der Waals surface area contributed by atoms with Gasteiger partial charge in [-0.05, 0) is 0 Å². The predicted octanol–water partition coefficient (Wildman–Crippen LogP) is -0.496. The van der Waals surface area contributed by atoms with Gasteiger partial charge in [0.15, 0.2) is 5.69 Å². The number of hydrogen-bond donors (Lipinski definition) is 2. The fraction of sp³-hybridized carbons (Fsp3) is 0.444. The molecule has 1 aromatic rings. The molecular formula is C9H10N2O5. The van der Waals surface area contributed by atoms with Crippen molar-refractivity contribution >= 4 is 11.9 Å². The number of carbonyl (C=O) groups excluding carboxylic acids is 1. The molecular weight excluding hydrogens is 216 g/mol. The van der Waals surface area contributed by atoms with Crippen molar-refractivity contribution in [1.82, 2.24) is 10.5 Å². The standard InChI is InChI=1S/C9H10N2O5/c12-8(6-1-2-16-11-6)10-7-4-15-3-5(7)9(13)14/h1-2,5,7H,3-4H2,(H,10,12)(H,13,14). The van der Waals surface area contributed by atoms with Crippen molar-refractivity contribution in [2.45, 2.75) is 6.04 Å². The monoisotopic (exact) mass is 226 g/mol. The zero-order valence-electron chi connectivity index (χ0n) is 8.25. The number of carboxylic acid groups (broad SMARTS) is 1. The number of aromatic nitrogens is 1. The fourth-order valence-corrected chi connectivity index (χ4v) is 1.51. The van der Waals surface area contributed by atoms with Crippen LogP contribution >= 0.6 is 0 Å². The normalized spacial score (nSPS) is 24.2. The highest BCUT2D eigenvalue weighted by Crippen LogP contribution is 2.14. The van der Waals surface area contributed by atoms with Gasteiger partial charge in [0.2, 0.25) is 0 Å². The van der Waals surface area contributed by atoms with Crippen molar-refractivity contribution in [3.63, 3.8) is 0 Å². The molecule has 0 bridgehead atoms. The lowest BCUT2D eigenvalue weighted by Crippen LogP contribution is -2.42. The molecule has 2 rings (SSSR count). The van der Waals surface area contributed by atoms with E-state index in [2.05, 4.69) is 15.0 Å². The van der Waals surface area contributed by atoms with Crippen LogP contribution in [0.25, 0.3) is 0 Å². The SMILES string of the molecule is O=C(NC1COCC1C(=O)O)c1ccon1. The van der Waals surface area contributed by atoms with Gasteiger partial charge in [-0.2, -0.15) is 0 Å². The van der Waals surface area contributed by atoms with Crippen LogP contribution in [-0.2, 0) is 9.53 Å². The molecule has 0 aliphatic carbocycles. The lowest BCUT2D eigenvalue weighted by molar-refractivity contribution is -0.142. The topological polar surface area (TPSA) is 102 Å². The summed E-state index contributed by atoms with van der Waals surface area (Å²) in [5.41, 5.74) is 0.121. The molecule has 2 N–H and O–H groups in total. The molecule has 1 aliphatic rings. The summed E-state index contributed by atoms with van der Waals surface area (Å²) >= 11 is 0. The molecule has 1 aliphatic heterocycles. The van der Waals surface area contributed by atoms with E-state index >= 15 is 0 Å². The highest BCUT2D eigenvalue weighted by atomic mass is 16.5. The molecule has 2 atom stereocenters. The van der Waals surface area contributed by atoms with E-state index in [-0.39, 0.29) is 18.9 Å². The molecule has 86 valence electrons. The van der Waals surface area contributed by atoms with Crippen LogP contribution in [0.4, 0.5) is 0 Å². The predicted molar refractivity (Wildman–Crippen MR) is 49.7 cm³/mol. The number of rotatable bonds is 3. The van der Waals surface area contributed by atoms with Gasteiger partial charge in [-0.25, -0.2) is 0 Å². The van der Waals surface area contributed by atoms with Crippen molar-refractivity contribution < 1.29 is 24.0 Å². The fourth-order valence-electron chi connectivity index (χ4n) is 1.51. The minimum absolute atomic E-state index is 0.110. The maximum absolute atomic E-state index is 11.5. The number of carbonyl (C=O) groups is 2. The Hall–Kier alpha value is -1.89. The van der Waals surface area contributed by atoms with Gasteiger partial charge in [-0.1, -0.05) is 5.16 Å². The summed E-state index contributed by atoms with van der Waals surface area (Å²) in [7, 11) is 0. The molecule has 1 amide bonds. The average Bonchev–Trinajstić information content (AvgIpc) is 2.86. The Kier molecular flexibility index (Phi) is 2.86. The van der Waals surface area contributed by atoms with E-state index in [0.717, 1.165) is 0 Å². The Morgan fingerprint density at radius 1 is 1.50 bits per heavy atom. The second kappa shape index (κ2) is 4.31. The molecule has 1 aromatic heterocycles. The zero-order chi connectivity index (χ0) is 11.5. The lowest BCUT2D eigenvalue weighted by atomic mass is 10.0. The molecule has 0 radical (unpaired) electrons. The summed E-state index contributed by atoms with van der Waals surface area (Å²) in [5.74, 6) is -2.16. The summed E-state index contributed by atoms with van der Waals surface area (Å²) in [6, 6.07) is 0.877. The van der Waals surface area contributed by atoms with Crippen LogP contribution < -0.4 is 5.32 Å². The largest absolute Gasteiger partial charge is 0.481 e. The molecule has 2 heterocycles. The first-order chi connectivity index (χ1) is 7.68. The second-order valence-corrected chi connectivity index (χ2v) is 3.45. The van der Waals surface area contributed by atoms with Gasteiger partial charge >= 0.3 is 5.97 Å². The van der Waals surface area contributed by atoms with Gasteiger partial charge in [0.05, 0.1) is 19.3 Å². The van der Waals surface area contributed by atoms with Crippen molar-refractivity contribution in [2.24, 2.45) is 5.92 Å². The third-order valence-corrected chi connectivity index (χ3v) is 2.38. The first-order valence-electron chi connectivity index (χ1n) is 4.70. The first kappa shape index (κ1) is 10.6. The molecule has 16 heavy (non-hydrogen) atoms. The number of aliphatic carboxylic acids is 1. The van der Waals surface area contributed by atoms with Gasteiger partial charge in [-0.3, -0.25) is 9.59 Å². The molecule has 2 unspecified atom stereocenters. The van der Waals surface area contributed by atoms with Crippen LogP contribution in [0.1, 0.15) is 10.5 Å². The molecule has 7 heteroatoms. The molecule has 0 spiro atoms. The van der Waals surface area contributed by atoms with E-state index in [1.54, 1.807) is 0 Å². The maximum Gasteiger partial charge on any atom is 0.311 e. The van der Waals surface area contributed by atoms with Crippen LogP contribution in [0.3, 0.4) is 0 Å². The summed E-state index contributed by atoms with van der Waals surface area (Å²) in [5, 5.41) is 14.9. The van der Waals surface area contributed by atoms with E-state index in [9.17, 15) is 9.59 Å². The van der Waals surface area contributed by atoms with E-state index in [1.807, 2.05) is 0 Å². The van der Waals surface area contributed by atoms with Gasteiger partial charge in [-0.15, -0.1) is 0 Å². The third kappa shape index (κ3) is 2.03. The number of carboxylic acids is 1. The highest BCUT2D eigenvalue weighted by Gasteiger charge is 2.35. The Morgan fingerprint density at radius 3 is 2.94 bits per heavy atom. The number of ether oxygens (including phenoxy) is 1. The van der Waals surface area contributed by atoms with Crippen LogP contribution in [0, 0.1) is 5.92 Å². The minimum atomic E-state index is -0.983. The molecule has 0 aromatic carbocycles. The van der Waals surface area contributed by atoms with Crippen LogP contribution in [0.5, 0.6) is 0 Å². The molecule has 1 saturated heterocycles. The van der Waals surface area contributed by atoms with Gasteiger partial charge in [0, 0.05) is 6.07 Å². The van der Waals surface area contributed by atoms with E-state index in [0.29, 0.717) is 0 Å². The zero-order valence-corrected chi connectivity index (χ0v) is 8.25. The Morgan fingerprint density at radius 2 is 2.31 bits per heavy atom. The van der Waals surface area contributed by atoms with Gasteiger partial charge in [0.25, 0.3) is 5.91 Å². The molecule has 1 fully saturated rings. The Labute approximate surface area is 90.4 Å². The summed E-state index contributed by atoms with van der Waals surface area (Å²) in [6.45, 7) is 0.305. The number of amides is 1. The Balaban J connectivity index is 1.99. The van der Waals surface area contributed by atoms with Gasteiger partial charge < -0.3 is 19.7 Å². The number of hydrogen-bond acceptors (Lipinski definition) is 5. The maximum atomic E-state index is 11.5. The van der Waals surface area contributed by atoms with Crippen molar-refractivity contribution in [2.75, 3.05) is 13.2 Å². The van der Waals surface area contributed by atoms with Crippen LogP contribution in [0.2, 0.25) is 0 Å². The average molecular weight is 226 g/mol. The first-order valence-corrected chi connectivity index (χ1v) is 4.70. The third-order valence-electron chi connectivity index (χ3n) is 2.38. The van der Waals surface area contributed by atoms with E-state index in [1.165, 1.54) is 12.3 Å². The van der Waals surface area contributed by atoms with Crippen LogP contribution in [-0.4, -0.2) is 41.4 Å². The van der Waals surface area contributed by atoms with E-state index in [4.69, 9.17) is 9.84 Å². The smallest absolute Gasteiger partial charge is 0.311 e. The minimum Gasteiger partial charge on any atom is -0.481 e. The molecule has 0 saturated carbocycles. The summed E-state index contributed by atoms with van der Waals surface area (Å²) < 4.78 is 9.53. The number of nitrogens with one attached hydrogen (secondary N) is 1.